The van der Waals surface area contributed by atoms with E-state index in [0.717, 1.165) is 32.5 Å². The highest BCUT2D eigenvalue weighted by atomic mass is 19.1. The van der Waals surface area contributed by atoms with Crippen molar-refractivity contribution in [3.8, 4) is 5.88 Å². The lowest BCUT2D eigenvalue weighted by Gasteiger charge is -2.34. The Labute approximate surface area is 186 Å². The number of aromatic nitrogens is 4. The first kappa shape index (κ1) is 21.9. The maximum absolute atomic E-state index is 14.4. The third-order valence-electron chi connectivity index (χ3n) is 5.50. The number of amides is 1. The molecule has 0 bridgehead atoms. The number of anilines is 2. The van der Waals surface area contributed by atoms with Gasteiger partial charge < -0.3 is 24.7 Å². The van der Waals surface area contributed by atoms with Gasteiger partial charge in [0, 0.05) is 37.2 Å². The highest BCUT2D eigenvalue weighted by molar-refractivity contribution is 6.05. The predicted octanol–water partition coefficient (Wildman–Crippen LogP) is 2.80. The number of imidazole rings is 1. The Balaban J connectivity index is 1.60. The predicted molar refractivity (Wildman–Crippen MR) is 120 cm³/mol. The van der Waals surface area contributed by atoms with E-state index in [2.05, 4.69) is 37.4 Å². The van der Waals surface area contributed by atoms with Gasteiger partial charge >= 0.3 is 0 Å². The zero-order valence-corrected chi connectivity index (χ0v) is 18.6. The summed E-state index contributed by atoms with van der Waals surface area (Å²) in [6.07, 6.45) is 6.79. The van der Waals surface area contributed by atoms with Gasteiger partial charge in [0.05, 0.1) is 18.0 Å². The Kier molecular flexibility index (Phi) is 6.50. The van der Waals surface area contributed by atoms with Crippen molar-refractivity contribution in [3.63, 3.8) is 0 Å². The van der Waals surface area contributed by atoms with Crippen LogP contribution in [-0.2, 0) is 0 Å². The first-order chi connectivity index (χ1) is 15.5. The Morgan fingerprint density at radius 3 is 2.81 bits per heavy atom. The number of nitrogens with one attached hydrogen (secondary N) is 2. The minimum Gasteiger partial charge on any atom is -0.477 e. The van der Waals surface area contributed by atoms with Crippen LogP contribution in [0.2, 0.25) is 0 Å². The van der Waals surface area contributed by atoms with Crippen LogP contribution in [0.3, 0.4) is 0 Å². The van der Waals surface area contributed by atoms with E-state index in [1.54, 1.807) is 23.7 Å². The van der Waals surface area contributed by atoms with Gasteiger partial charge in [-0.3, -0.25) is 4.79 Å². The van der Waals surface area contributed by atoms with Crippen molar-refractivity contribution in [2.75, 3.05) is 36.5 Å². The molecule has 1 aliphatic rings. The summed E-state index contributed by atoms with van der Waals surface area (Å²) in [5.74, 6) is -0.239. The molecule has 10 heteroatoms. The summed E-state index contributed by atoms with van der Waals surface area (Å²) >= 11 is 0. The van der Waals surface area contributed by atoms with Crippen molar-refractivity contribution in [1.82, 2.24) is 24.7 Å². The molecule has 0 unspecified atom stereocenters. The summed E-state index contributed by atoms with van der Waals surface area (Å²) in [7, 11) is 0. The Morgan fingerprint density at radius 1 is 1.31 bits per heavy atom. The van der Waals surface area contributed by atoms with Crippen LogP contribution in [0.4, 0.5) is 16.0 Å². The molecule has 1 saturated heterocycles. The quantitative estimate of drug-likeness (QED) is 0.582. The number of ether oxygens (including phenoxy) is 1. The highest BCUT2D eigenvalue weighted by Crippen LogP contribution is 2.24. The van der Waals surface area contributed by atoms with Crippen LogP contribution < -0.4 is 20.3 Å². The molecule has 1 amide bonds. The van der Waals surface area contributed by atoms with E-state index >= 15 is 0 Å². The first-order valence-corrected chi connectivity index (χ1v) is 10.9. The SMILES string of the molecule is CCOc1nc(N(CC)C2CCNCC2)ncc1C(=O)Nc1cc(F)c2nc(C)cn2c1. The van der Waals surface area contributed by atoms with Gasteiger partial charge in [-0.25, -0.2) is 14.4 Å². The fourth-order valence-electron chi connectivity index (χ4n) is 4.03. The van der Waals surface area contributed by atoms with Gasteiger partial charge in [-0.05, 0) is 46.7 Å². The molecule has 0 atom stereocenters. The zero-order valence-electron chi connectivity index (χ0n) is 18.6. The van der Waals surface area contributed by atoms with E-state index in [-0.39, 0.29) is 17.1 Å². The molecular formula is C22H28FN7O2. The second-order valence-corrected chi connectivity index (χ2v) is 7.73. The van der Waals surface area contributed by atoms with Gasteiger partial charge in [-0.2, -0.15) is 4.98 Å². The molecule has 0 radical (unpaired) electrons. The summed E-state index contributed by atoms with van der Waals surface area (Å²) in [4.78, 5) is 28.3. The van der Waals surface area contributed by atoms with E-state index in [1.807, 2.05) is 6.92 Å². The number of hydrogen-bond acceptors (Lipinski definition) is 7. The highest BCUT2D eigenvalue weighted by Gasteiger charge is 2.24. The van der Waals surface area contributed by atoms with Crippen molar-refractivity contribution in [1.29, 1.82) is 0 Å². The Bertz CT molecular complexity index is 1110. The number of nitrogens with zero attached hydrogens (tertiary/aromatic N) is 5. The van der Waals surface area contributed by atoms with Crippen LogP contribution in [0.5, 0.6) is 5.88 Å². The van der Waals surface area contributed by atoms with Gasteiger partial charge in [-0.1, -0.05) is 0 Å². The molecule has 0 saturated carbocycles. The molecule has 170 valence electrons. The summed E-state index contributed by atoms with van der Waals surface area (Å²) < 4.78 is 21.6. The normalized spacial score (nSPS) is 14.5. The van der Waals surface area contributed by atoms with Crippen molar-refractivity contribution in [2.45, 2.75) is 39.7 Å². The molecule has 1 aliphatic heterocycles. The molecule has 1 fully saturated rings. The van der Waals surface area contributed by atoms with Gasteiger partial charge in [0.15, 0.2) is 11.5 Å². The third kappa shape index (κ3) is 4.50. The Hall–Kier alpha value is -3.27. The van der Waals surface area contributed by atoms with Gasteiger partial charge in [0.2, 0.25) is 11.8 Å². The average Bonchev–Trinajstić information content (AvgIpc) is 3.16. The minimum absolute atomic E-state index is 0.194. The van der Waals surface area contributed by atoms with Crippen LogP contribution in [-0.4, -0.2) is 57.5 Å². The molecule has 4 heterocycles. The number of carbonyl (C=O) groups excluding carboxylic acids is 1. The Morgan fingerprint density at radius 2 is 2.09 bits per heavy atom. The summed E-state index contributed by atoms with van der Waals surface area (Å²) in [6.45, 7) is 8.69. The monoisotopic (exact) mass is 441 g/mol. The minimum atomic E-state index is -0.520. The standard InChI is InChI=1S/C22H28FN7O2/c1-4-30(16-6-8-24-9-7-16)22-25-11-17(21(28-22)32-5-2)20(31)27-15-10-18(23)19-26-14(3)12-29(19)13-15/h10-13,16,24H,4-9H2,1-3H3,(H,27,31). The summed E-state index contributed by atoms with van der Waals surface area (Å²) in [5.41, 5.74) is 1.39. The van der Waals surface area contributed by atoms with Crippen LogP contribution in [0.25, 0.3) is 5.65 Å². The van der Waals surface area contributed by atoms with Crippen LogP contribution in [0.1, 0.15) is 42.7 Å². The molecule has 0 aromatic carbocycles. The van der Waals surface area contributed by atoms with Crippen molar-refractivity contribution in [2.24, 2.45) is 0 Å². The van der Waals surface area contributed by atoms with E-state index in [1.165, 1.54) is 12.3 Å². The maximum atomic E-state index is 14.4. The zero-order chi connectivity index (χ0) is 22.7. The summed E-state index contributed by atoms with van der Waals surface area (Å²) in [6, 6.07) is 1.58. The van der Waals surface area contributed by atoms with Crippen molar-refractivity contribution < 1.29 is 13.9 Å². The molecule has 0 spiro atoms. The lowest BCUT2D eigenvalue weighted by molar-refractivity contribution is 0.102. The fraction of sp³-hybridized carbons (Fsp3) is 0.455. The lowest BCUT2D eigenvalue weighted by Crippen LogP contribution is -2.44. The molecule has 0 aliphatic carbocycles. The van der Waals surface area contributed by atoms with Crippen LogP contribution in [0, 0.1) is 12.7 Å². The van der Waals surface area contributed by atoms with Crippen molar-refractivity contribution >= 4 is 23.2 Å². The number of fused-ring (bicyclic) bond motifs is 1. The van der Waals surface area contributed by atoms with Gasteiger partial charge in [-0.15, -0.1) is 0 Å². The molecule has 2 N–H and O–H groups in total. The average molecular weight is 442 g/mol. The molecule has 4 rings (SSSR count). The van der Waals surface area contributed by atoms with Crippen molar-refractivity contribution in [3.05, 3.63) is 41.7 Å². The number of pyridine rings is 1. The molecule has 32 heavy (non-hydrogen) atoms. The number of hydrogen-bond donors (Lipinski definition) is 2. The molecule has 3 aromatic heterocycles. The van der Waals surface area contributed by atoms with Crippen LogP contribution >= 0.6 is 0 Å². The second kappa shape index (κ2) is 9.47. The van der Waals surface area contributed by atoms with E-state index in [9.17, 15) is 9.18 Å². The summed E-state index contributed by atoms with van der Waals surface area (Å²) in [5, 5.41) is 6.08. The van der Waals surface area contributed by atoms with Gasteiger partial charge in [0.25, 0.3) is 5.91 Å². The lowest BCUT2D eigenvalue weighted by atomic mass is 10.1. The third-order valence-corrected chi connectivity index (χ3v) is 5.50. The number of halogens is 1. The number of piperidine rings is 1. The fourth-order valence-corrected chi connectivity index (χ4v) is 4.03. The number of carbonyl (C=O) groups is 1. The largest absolute Gasteiger partial charge is 0.477 e. The smallest absolute Gasteiger partial charge is 0.262 e. The topological polar surface area (TPSA) is 96.7 Å². The number of rotatable bonds is 7. The molecular weight excluding hydrogens is 413 g/mol. The first-order valence-electron chi connectivity index (χ1n) is 10.9. The van der Waals surface area contributed by atoms with Gasteiger partial charge in [0.1, 0.15) is 5.56 Å². The van der Waals surface area contributed by atoms with E-state index in [0.29, 0.717) is 30.0 Å². The maximum Gasteiger partial charge on any atom is 0.262 e. The van der Waals surface area contributed by atoms with Crippen LogP contribution in [0.15, 0.2) is 24.7 Å². The van der Waals surface area contributed by atoms with E-state index in [4.69, 9.17) is 4.74 Å². The molecule has 9 nitrogen and oxygen atoms in total. The van der Waals surface area contributed by atoms with E-state index < -0.39 is 11.7 Å². The molecule has 3 aromatic rings. The second-order valence-electron chi connectivity index (χ2n) is 7.73. The number of aryl methyl sites for hydroxylation is 1.